The molecule has 5 nitrogen and oxygen atoms in total. The first kappa shape index (κ1) is 24.2. The number of carbonyl (C=O) groups is 1. The number of rotatable bonds is 8. The second kappa shape index (κ2) is 11.4. The molecule has 0 atom stereocenters. The molecular formula is C26H22Cl2N2O3. The summed E-state index contributed by atoms with van der Waals surface area (Å²) in [6, 6.07) is 19.8. The van der Waals surface area contributed by atoms with Gasteiger partial charge in [-0.25, -0.2) is 0 Å². The fraction of sp³-hybridized carbons (Fsp3) is 0.154. The van der Waals surface area contributed by atoms with Crippen molar-refractivity contribution in [2.75, 3.05) is 11.9 Å². The molecule has 0 aliphatic heterocycles. The van der Waals surface area contributed by atoms with Gasteiger partial charge in [0.2, 0.25) is 0 Å². The third-order valence-corrected chi connectivity index (χ3v) is 5.19. The average Bonchev–Trinajstić information content (AvgIpc) is 2.80. The molecule has 168 valence electrons. The number of aryl methyl sites for hydroxylation is 1. The van der Waals surface area contributed by atoms with Crippen LogP contribution in [0.5, 0.6) is 11.5 Å². The Hall–Kier alpha value is -3.46. The molecule has 3 aromatic rings. The topological polar surface area (TPSA) is 71.3 Å². The van der Waals surface area contributed by atoms with E-state index in [0.717, 1.165) is 11.1 Å². The van der Waals surface area contributed by atoms with Crippen LogP contribution in [0.3, 0.4) is 0 Å². The number of hydrogen-bond acceptors (Lipinski definition) is 4. The molecule has 3 rings (SSSR count). The number of nitriles is 1. The van der Waals surface area contributed by atoms with E-state index in [-0.39, 0.29) is 5.57 Å². The van der Waals surface area contributed by atoms with Gasteiger partial charge in [-0.15, -0.1) is 0 Å². The Bertz CT molecular complexity index is 1220. The van der Waals surface area contributed by atoms with Crippen molar-refractivity contribution in [3.05, 3.63) is 93.0 Å². The molecule has 0 spiro atoms. The van der Waals surface area contributed by atoms with E-state index < -0.39 is 5.91 Å². The van der Waals surface area contributed by atoms with Crippen LogP contribution in [0.2, 0.25) is 10.0 Å². The van der Waals surface area contributed by atoms with E-state index in [1.807, 2.05) is 32.0 Å². The van der Waals surface area contributed by atoms with Gasteiger partial charge < -0.3 is 14.8 Å². The molecule has 7 heteroatoms. The van der Waals surface area contributed by atoms with E-state index in [1.165, 1.54) is 6.08 Å². The normalized spacial score (nSPS) is 10.9. The van der Waals surface area contributed by atoms with Gasteiger partial charge in [0.05, 0.1) is 6.61 Å². The monoisotopic (exact) mass is 480 g/mol. The van der Waals surface area contributed by atoms with Crippen molar-refractivity contribution in [1.82, 2.24) is 0 Å². The molecule has 0 radical (unpaired) electrons. The van der Waals surface area contributed by atoms with Crippen LogP contribution in [-0.4, -0.2) is 12.5 Å². The molecule has 33 heavy (non-hydrogen) atoms. The summed E-state index contributed by atoms with van der Waals surface area (Å²) >= 11 is 11.9. The zero-order chi connectivity index (χ0) is 23.8. The van der Waals surface area contributed by atoms with Crippen LogP contribution in [0.25, 0.3) is 6.08 Å². The number of carbonyl (C=O) groups excluding carboxylic acids is 1. The van der Waals surface area contributed by atoms with Crippen LogP contribution in [0.1, 0.15) is 23.6 Å². The molecule has 0 bridgehead atoms. The molecule has 1 N–H and O–H groups in total. The molecule has 0 aromatic heterocycles. The van der Waals surface area contributed by atoms with Crippen molar-refractivity contribution in [2.24, 2.45) is 0 Å². The van der Waals surface area contributed by atoms with Gasteiger partial charge in [-0.1, -0.05) is 47.5 Å². The lowest BCUT2D eigenvalue weighted by Crippen LogP contribution is -2.14. The number of ether oxygens (including phenoxy) is 2. The Morgan fingerprint density at radius 3 is 2.42 bits per heavy atom. The first-order chi connectivity index (χ1) is 15.9. The number of anilines is 1. The summed E-state index contributed by atoms with van der Waals surface area (Å²) in [6.45, 7) is 4.49. The summed E-state index contributed by atoms with van der Waals surface area (Å²) in [5, 5.41) is 13.4. The quantitative estimate of drug-likeness (QED) is 0.283. The highest BCUT2D eigenvalue weighted by Crippen LogP contribution is 2.30. The number of halogens is 2. The highest BCUT2D eigenvalue weighted by Gasteiger charge is 2.13. The van der Waals surface area contributed by atoms with Crippen molar-refractivity contribution in [3.63, 3.8) is 0 Å². The molecule has 1 amide bonds. The molecule has 0 saturated heterocycles. The van der Waals surface area contributed by atoms with Crippen LogP contribution >= 0.6 is 23.2 Å². The molecule has 0 aliphatic rings. The zero-order valence-electron chi connectivity index (χ0n) is 18.2. The highest BCUT2D eigenvalue weighted by molar-refractivity contribution is 6.31. The second-order valence-electron chi connectivity index (χ2n) is 7.14. The highest BCUT2D eigenvalue weighted by atomic mass is 35.5. The van der Waals surface area contributed by atoms with Crippen molar-refractivity contribution >= 4 is 40.9 Å². The standard InChI is InChI=1S/C26H22Cl2N2O3/c1-3-32-25-13-19(7-11-24(25)33-16-18-5-9-21(27)10-6-18)12-20(15-29)26(31)30-23-14-22(28)8-4-17(23)2/h4-14H,3,16H2,1-2H3,(H,30,31)/b20-12+. The third kappa shape index (κ3) is 6.76. The molecule has 3 aromatic carbocycles. The Kier molecular flexibility index (Phi) is 8.37. The minimum absolute atomic E-state index is 0.0494. The van der Waals surface area contributed by atoms with Crippen molar-refractivity contribution < 1.29 is 14.3 Å². The third-order valence-electron chi connectivity index (χ3n) is 4.70. The first-order valence-corrected chi connectivity index (χ1v) is 11.0. The maximum absolute atomic E-state index is 12.7. The van der Waals surface area contributed by atoms with Gasteiger partial charge in [-0.2, -0.15) is 5.26 Å². The minimum Gasteiger partial charge on any atom is -0.490 e. The summed E-state index contributed by atoms with van der Waals surface area (Å²) in [4.78, 5) is 12.7. The Labute approximate surface area is 203 Å². The SMILES string of the molecule is CCOc1cc(/C=C(\C#N)C(=O)Nc2cc(Cl)ccc2C)ccc1OCc1ccc(Cl)cc1. The molecule has 0 unspecified atom stereocenters. The predicted molar refractivity (Wildman–Crippen MR) is 132 cm³/mol. The van der Waals surface area contributed by atoms with Gasteiger partial charge in [-0.05, 0) is 73.0 Å². The van der Waals surface area contributed by atoms with Crippen LogP contribution in [0.15, 0.2) is 66.2 Å². The lowest BCUT2D eigenvalue weighted by atomic mass is 10.1. The summed E-state index contributed by atoms with van der Waals surface area (Å²) < 4.78 is 11.6. The van der Waals surface area contributed by atoms with E-state index in [0.29, 0.717) is 46.0 Å². The fourth-order valence-corrected chi connectivity index (χ4v) is 3.28. The van der Waals surface area contributed by atoms with Gasteiger partial charge in [0.15, 0.2) is 11.5 Å². The van der Waals surface area contributed by atoms with E-state index in [1.54, 1.807) is 48.5 Å². The molecule has 0 saturated carbocycles. The lowest BCUT2D eigenvalue weighted by molar-refractivity contribution is -0.112. The number of amides is 1. The number of hydrogen-bond donors (Lipinski definition) is 1. The van der Waals surface area contributed by atoms with Gasteiger partial charge >= 0.3 is 0 Å². The Balaban J connectivity index is 1.79. The van der Waals surface area contributed by atoms with Gasteiger partial charge in [0, 0.05) is 15.7 Å². The molecular weight excluding hydrogens is 459 g/mol. The fourth-order valence-electron chi connectivity index (χ4n) is 2.98. The van der Waals surface area contributed by atoms with Crippen LogP contribution in [0, 0.1) is 18.3 Å². The smallest absolute Gasteiger partial charge is 0.266 e. The first-order valence-electron chi connectivity index (χ1n) is 10.2. The lowest BCUT2D eigenvalue weighted by Gasteiger charge is -2.13. The van der Waals surface area contributed by atoms with E-state index in [9.17, 15) is 10.1 Å². The summed E-state index contributed by atoms with van der Waals surface area (Å²) in [5.74, 6) is 0.550. The zero-order valence-corrected chi connectivity index (χ0v) is 19.7. The van der Waals surface area contributed by atoms with Gasteiger partial charge in [-0.3, -0.25) is 4.79 Å². The van der Waals surface area contributed by atoms with E-state index in [2.05, 4.69) is 5.32 Å². The van der Waals surface area contributed by atoms with Crippen LogP contribution < -0.4 is 14.8 Å². The second-order valence-corrected chi connectivity index (χ2v) is 8.01. The van der Waals surface area contributed by atoms with Crippen LogP contribution in [0.4, 0.5) is 5.69 Å². The number of benzene rings is 3. The molecule has 0 fully saturated rings. The van der Waals surface area contributed by atoms with E-state index >= 15 is 0 Å². The Morgan fingerprint density at radius 1 is 1.00 bits per heavy atom. The maximum atomic E-state index is 12.7. The largest absolute Gasteiger partial charge is 0.490 e. The minimum atomic E-state index is -0.524. The number of nitrogens with one attached hydrogen (secondary N) is 1. The number of nitrogens with zero attached hydrogens (tertiary/aromatic N) is 1. The summed E-state index contributed by atoms with van der Waals surface area (Å²) in [7, 11) is 0. The van der Waals surface area contributed by atoms with Crippen molar-refractivity contribution in [2.45, 2.75) is 20.5 Å². The summed E-state index contributed by atoms with van der Waals surface area (Å²) in [6.07, 6.45) is 1.50. The summed E-state index contributed by atoms with van der Waals surface area (Å²) in [5.41, 5.74) is 2.93. The average molecular weight is 481 g/mol. The van der Waals surface area contributed by atoms with E-state index in [4.69, 9.17) is 32.7 Å². The Morgan fingerprint density at radius 2 is 1.73 bits per heavy atom. The molecule has 0 heterocycles. The predicted octanol–water partition coefficient (Wildman–Crippen LogP) is 6.83. The maximum Gasteiger partial charge on any atom is 0.266 e. The van der Waals surface area contributed by atoms with Gasteiger partial charge in [0.1, 0.15) is 18.2 Å². The van der Waals surface area contributed by atoms with Crippen molar-refractivity contribution in [3.8, 4) is 17.6 Å². The van der Waals surface area contributed by atoms with Gasteiger partial charge in [0.25, 0.3) is 5.91 Å². The van der Waals surface area contributed by atoms with Crippen LogP contribution in [-0.2, 0) is 11.4 Å². The van der Waals surface area contributed by atoms with Crippen molar-refractivity contribution in [1.29, 1.82) is 5.26 Å². The molecule has 0 aliphatic carbocycles.